The lowest BCUT2D eigenvalue weighted by Crippen LogP contribution is -2.40. The van der Waals surface area contributed by atoms with Crippen molar-refractivity contribution in [1.29, 1.82) is 0 Å². The van der Waals surface area contributed by atoms with Gasteiger partial charge in [-0.15, -0.1) is 0 Å². The molecule has 2 aromatic rings. The van der Waals surface area contributed by atoms with Crippen molar-refractivity contribution in [3.63, 3.8) is 0 Å². The molecule has 4 aliphatic carbocycles. The maximum Gasteiger partial charge on any atom is 0.352 e. The molecular formula is C34H48NO3P. The fourth-order valence-corrected chi connectivity index (χ4v) is 11.4. The molecule has 4 saturated carbocycles. The molecule has 0 heterocycles. The molecule has 8 atom stereocenters. The second-order valence-electron chi connectivity index (χ2n) is 14.6. The van der Waals surface area contributed by atoms with Gasteiger partial charge in [0.2, 0.25) is 0 Å². The summed E-state index contributed by atoms with van der Waals surface area (Å²) in [6.45, 7) is 14.9. The Labute approximate surface area is 236 Å². The Kier molecular flexibility index (Phi) is 6.78. The van der Waals surface area contributed by atoms with Crippen molar-refractivity contribution in [2.75, 3.05) is 0 Å². The first kappa shape index (κ1) is 27.7. The highest BCUT2D eigenvalue weighted by Gasteiger charge is 2.66. The van der Waals surface area contributed by atoms with Gasteiger partial charge in [-0.2, -0.15) is 0 Å². The minimum Gasteiger partial charge on any atom is -0.303 e. The van der Waals surface area contributed by atoms with Crippen molar-refractivity contribution in [2.45, 2.75) is 105 Å². The third-order valence-corrected chi connectivity index (χ3v) is 15.0. The van der Waals surface area contributed by atoms with Crippen LogP contribution in [0.1, 0.15) is 97.0 Å². The van der Waals surface area contributed by atoms with Crippen molar-refractivity contribution >= 4 is 7.60 Å². The second kappa shape index (κ2) is 9.55. The van der Waals surface area contributed by atoms with E-state index in [1.54, 1.807) is 0 Å². The molecule has 0 amide bonds. The van der Waals surface area contributed by atoms with Gasteiger partial charge in [-0.1, -0.05) is 102 Å². The number of hydrogen-bond donors (Lipinski definition) is 1. The van der Waals surface area contributed by atoms with Gasteiger partial charge in [0.15, 0.2) is 0 Å². The molecule has 39 heavy (non-hydrogen) atoms. The van der Waals surface area contributed by atoms with Gasteiger partial charge in [0, 0.05) is 6.54 Å². The van der Waals surface area contributed by atoms with E-state index in [9.17, 15) is 0 Å². The van der Waals surface area contributed by atoms with Crippen LogP contribution in [0.15, 0.2) is 60.7 Å². The van der Waals surface area contributed by atoms with Crippen LogP contribution >= 0.6 is 7.60 Å². The Morgan fingerprint density at radius 1 is 0.769 bits per heavy atom. The van der Waals surface area contributed by atoms with Gasteiger partial charge in [-0.25, -0.2) is 0 Å². The predicted octanol–water partition coefficient (Wildman–Crippen LogP) is 9.13. The quantitative estimate of drug-likeness (QED) is 0.317. The molecule has 0 radical (unpaired) electrons. The third kappa shape index (κ3) is 4.23. The van der Waals surface area contributed by atoms with E-state index >= 15 is 4.57 Å². The number of benzene rings is 2. The first-order valence-electron chi connectivity index (χ1n) is 15.2. The zero-order valence-corrected chi connectivity index (χ0v) is 25.7. The summed E-state index contributed by atoms with van der Waals surface area (Å²) < 4.78 is 29.7. The average molecular weight is 550 g/mol. The smallest absolute Gasteiger partial charge is 0.303 e. The summed E-state index contributed by atoms with van der Waals surface area (Å²) in [6, 6.07) is 20.6. The molecule has 4 aliphatic rings. The van der Waals surface area contributed by atoms with Crippen LogP contribution < -0.4 is 5.32 Å². The zero-order chi connectivity index (χ0) is 27.7. The third-order valence-electron chi connectivity index (χ3n) is 12.8. The van der Waals surface area contributed by atoms with Gasteiger partial charge in [-0.05, 0) is 83.1 Å². The molecule has 0 aromatic heterocycles. The molecule has 5 heteroatoms. The van der Waals surface area contributed by atoms with Crippen LogP contribution in [-0.4, -0.2) is 12.2 Å². The van der Waals surface area contributed by atoms with Crippen molar-refractivity contribution in [3.8, 4) is 0 Å². The van der Waals surface area contributed by atoms with Gasteiger partial charge in [0.25, 0.3) is 0 Å². The van der Waals surface area contributed by atoms with Crippen LogP contribution in [0.4, 0.5) is 0 Å². The lowest BCUT2D eigenvalue weighted by Gasteiger charge is -2.44. The van der Waals surface area contributed by atoms with Gasteiger partial charge in [0.05, 0.1) is 12.2 Å². The average Bonchev–Trinajstić information content (AvgIpc) is 3.42. The van der Waals surface area contributed by atoms with Gasteiger partial charge < -0.3 is 9.05 Å². The fourth-order valence-electron chi connectivity index (χ4n) is 8.94. The number of rotatable bonds is 9. The van der Waals surface area contributed by atoms with E-state index in [1.165, 1.54) is 12.8 Å². The molecule has 4 bridgehead atoms. The van der Waals surface area contributed by atoms with Crippen LogP contribution in [0.25, 0.3) is 0 Å². The lowest BCUT2D eigenvalue weighted by atomic mass is 9.70. The topological polar surface area (TPSA) is 47.6 Å². The van der Waals surface area contributed by atoms with E-state index in [-0.39, 0.29) is 33.9 Å². The van der Waals surface area contributed by atoms with E-state index in [4.69, 9.17) is 9.05 Å². The molecule has 0 aliphatic heterocycles. The van der Waals surface area contributed by atoms with Crippen LogP contribution in [0.3, 0.4) is 0 Å². The Morgan fingerprint density at radius 3 is 1.64 bits per heavy atom. The second-order valence-corrected chi connectivity index (χ2v) is 16.6. The Morgan fingerprint density at radius 2 is 1.23 bits per heavy atom. The molecule has 0 spiro atoms. The predicted molar refractivity (Wildman–Crippen MR) is 158 cm³/mol. The van der Waals surface area contributed by atoms with Crippen molar-refractivity contribution in [3.05, 3.63) is 71.8 Å². The first-order valence-corrected chi connectivity index (χ1v) is 16.8. The van der Waals surface area contributed by atoms with Crippen LogP contribution in [-0.2, 0) is 20.2 Å². The van der Waals surface area contributed by atoms with Crippen molar-refractivity contribution < 1.29 is 13.6 Å². The minimum absolute atomic E-state index is 0.00475. The molecule has 212 valence electrons. The van der Waals surface area contributed by atoms with Gasteiger partial charge >= 0.3 is 7.60 Å². The maximum atomic E-state index is 15.6. The van der Waals surface area contributed by atoms with Crippen molar-refractivity contribution in [1.82, 2.24) is 5.32 Å². The minimum atomic E-state index is -3.66. The van der Waals surface area contributed by atoms with E-state index in [1.807, 2.05) is 24.3 Å². The van der Waals surface area contributed by atoms with Gasteiger partial charge in [0.1, 0.15) is 5.78 Å². The van der Waals surface area contributed by atoms with E-state index in [2.05, 4.69) is 83.3 Å². The first-order chi connectivity index (χ1) is 18.4. The van der Waals surface area contributed by atoms with Crippen LogP contribution in [0, 0.1) is 33.5 Å². The highest BCUT2D eigenvalue weighted by Crippen LogP contribution is 2.74. The van der Waals surface area contributed by atoms with Crippen LogP contribution in [0.2, 0.25) is 0 Å². The summed E-state index contributed by atoms with van der Waals surface area (Å²) in [6.07, 6.45) is 6.51. The fraction of sp³-hybridized carbons (Fsp3) is 0.647. The standard InChI is InChI=1S/C34H48NO3P/c1-31(2)26-17-19-33(31,5)28(21-26)37-39(36,38-29-22-27-18-20-34(29,6)32(27,3)4)30(25-15-11-8-12-16-25)35-23-24-13-9-7-10-14-24/h7-16,26-30,35H,17-23H2,1-6H3/t26-,27-,28-,29+,30-,33+,34+,39?/m1/s1. The summed E-state index contributed by atoms with van der Waals surface area (Å²) in [7, 11) is -3.66. The lowest BCUT2D eigenvalue weighted by molar-refractivity contribution is -0.0174. The summed E-state index contributed by atoms with van der Waals surface area (Å²) in [4.78, 5) is 0. The van der Waals surface area contributed by atoms with E-state index in [0.717, 1.165) is 36.8 Å². The Hall–Kier alpha value is -1.45. The maximum absolute atomic E-state index is 15.6. The molecule has 2 aromatic carbocycles. The van der Waals surface area contributed by atoms with Crippen molar-refractivity contribution in [2.24, 2.45) is 33.5 Å². The van der Waals surface area contributed by atoms with Gasteiger partial charge in [-0.3, -0.25) is 9.88 Å². The summed E-state index contributed by atoms with van der Waals surface area (Å²) in [5.41, 5.74) is 2.46. The summed E-state index contributed by atoms with van der Waals surface area (Å²) >= 11 is 0. The van der Waals surface area contributed by atoms with E-state index < -0.39 is 13.4 Å². The van der Waals surface area contributed by atoms with Crippen LogP contribution in [0.5, 0.6) is 0 Å². The normalized spacial score (nSPS) is 38.1. The molecule has 4 nitrogen and oxygen atoms in total. The monoisotopic (exact) mass is 549 g/mol. The number of fused-ring (bicyclic) bond motifs is 4. The number of hydrogen-bond acceptors (Lipinski definition) is 4. The Balaban J connectivity index is 1.38. The van der Waals surface area contributed by atoms with E-state index in [0.29, 0.717) is 18.4 Å². The summed E-state index contributed by atoms with van der Waals surface area (Å²) in [5.74, 6) is 0.676. The molecule has 4 fully saturated rings. The molecule has 1 unspecified atom stereocenters. The number of nitrogens with one attached hydrogen (secondary N) is 1. The molecule has 6 rings (SSSR count). The molecule has 0 saturated heterocycles. The largest absolute Gasteiger partial charge is 0.352 e. The zero-order valence-electron chi connectivity index (χ0n) is 24.8. The summed E-state index contributed by atoms with van der Waals surface area (Å²) in [5, 5.41) is 3.68. The molecular weight excluding hydrogens is 501 g/mol. The Bertz CT molecular complexity index is 1180. The SMILES string of the molecule is CC1(C)[C@@H]2CC[C@@]1(C)[C@@H](OP(=O)(O[C@@H]1C[C@H]3CC[C@]1(C)C3(C)C)[C@@H](NCc1ccccc1)c1ccccc1)C2. The molecule has 1 N–H and O–H groups in total. The highest BCUT2D eigenvalue weighted by atomic mass is 31.2. The highest BCUT2D eigenvalue weighted by molar-refractivity contribution is 7.54.